The molecule has 20 heavy (non-hydrogen) atoms. The molecule has 0 aliphatic carbocycles. The van der Waals surface area contributed by atoms with E-state index in [1.54, 1.807) is 0 Å². The first-order valence-electron chi connectivity index (χ1n) is 7.16. The molecule has 1 heterocycles. The smallest absolute Gasteiger partial charge is 0.0486 e. The van der Waals surface area contributed by atoms with E-state index >= 15 is 0 Å². The second kappa shape index (κ2) is 7.10. The first-order valence-corrected chi connectivity index (χ1v) is 7.91. The van der Waals surface area contributed by atoms with Crippen LogP contribution in [0.25, 0.3) is 0 Å². The Hall–Kier alpha value is -0.320. The molecule has 1 atom stereocenters. The number of piperazine rings is 1. The zero-order valence-corrected chi connectivity index (χ0v) is 13.7. The fraction of sp³-hybridized carbons (Fsp3) is 0.600. The molecule has 0 aromatic heterocycles. The molecule has 0 amide bonds. The van der Waals surface area contributed by atoms with Crippen LogP contribution >= 0.6 is 23.2 Å². The van der Waals surface area contributed by atoms with Crippen LogP contribution in [0, 0.1) is 0 Å². The second-order valence-corrected chi connectivity index (χ2v) is 6.43. The highest BCUT2D eigenvalue weighted by atomic mass is 35.5. The lowest BCUT2D eigenvalue weighted by Crippen LogP contribution is -2.50. The number of halogens is 2. The maximum Gasteiger partial charge on any atom is 0.0486 e. The van der Waals surface area contributed by atoms with E-state index in [4.69, 9.17) is 28.9 Å². The van der Waals surface area contributed by atoms with Gasteiger partial charge in [-0.1, -0.05) is 23.2 Å². The van der Waals surface area contributed by atoms with Crippen LogP contribution in [0.5, 0.6) is 0 Å². The third-order valence-corrected chi connectivity index (χ3v) is 4.64. The zero-order valence-electron chi connectivity index (χ0n) is 12.1. The summed E-state index contributed by atoms with van der Waals surface area (Å²) in [4.78, 5) is 4.90. The molecule has 1 aliphatic heterocycles. The van der Waals surface area contributed by atoms with Crippen LogP contribution in [0.15, 0.2) is 18.2 Å². The molecule has 1 unspecified atom stereocenters. The zero-order chi connectivity index (χ0) is 14.7. The van der Waals surface area contributed by atoms with Gasteiger partial charge in [-0.2, -0.15) is 0 Å². The summed E-state index contributed by atoms with van der Waals surface area (Å²) in [7, 11) is 0. The fourth-order valence-corrected chi connectivity index (χ4v) is 3.23. The molecule has 112 valence electrons. The van der Waals surface area contributed by atoms with E-state index in [1.165, 1.54) is 0 Å². The van der Waals surface area contributed by atoms with Crippen molar-refractivity contribution in [3.8, 4) is 0 Å². The molecule has 2 rings (SSSR count). The van der Waals surface area contributed by atoms with Gasteiger partial charge in [-0.15, -0.1) is 0 Å². The van der Waals surface area contributed by atoms with Crippen LogP contribution in [0.2, 0.25) is 10.0 Å². The van der Waals surface area contributed by atoms with E-state index in [9.17, 15) is 0 Å². The van der Waals surface area contributed by atoms with Gasteiger partial charge in [0.25, 0.3) is 0 Å². The Morgan fingerprint density at radius 1 is 1.10 bits per heavy atom. The van der Waals surface area contributed by atoms with E-state index in [0.29, 0.717) is 17.6 Å². The van der Waals surface area contributed by atoms with Crippen LogP contribution in [-0.4, -0.2) is 48.6 Å². The molecule has 2 N–H and O–H groups in total. The fourth-order valence-electron chi connectivity index (χ4n) is 2.81. The third-order valence-electron chi connectivity index (χ3n) is 4.06. The van der Waals surface area contributed by atoms with Crippen molar-refractivity contribution in [2.75, 3.05) is 32.7 Å². The lowest BCUT2D eigenvalue weighted by atomic mass is 10.0. The molecule has 1 aromatic rings. The monoisotopic (exact) mass is 315 g/mol. The van der Waals surface area contributed by atoms with Crippen molar-refractivity contribution in [2.45, 2.75) is 25.9 Å². The van der Waals surface area contributed by atoms with Gasteiger partial charge in [0.05, 0.1) is 0 Å². The van der Waals surface area contributed by atoms with E-state index in [1.807, 2.05) is 18.2 Å². The minimum Gasteiger partial charge on any atom is -0.329 e. The quantitative estimate of drug-likeness (QED) is 0.927. The van der Waals surface area contributed by atoms with Gasteiger partial charge >= 0.3 is 0 Å². The Bertz CT molecular complexity index is 443. The highest BCUT2D eigenvalue weighted by Gasteiger charge is 2.26. The average Bonchev–Trinajstić information content (AvgIpc) is 2.44. The maximum atomic E-state index is 6.32. The third kappa shape index (κ3) is 3.66. The molecule has 1 aliphatic rings. The standard InChI is InChI=1S/C15H23Cl2N3/c1-11(2)19-5-7-20(8-6-19)15(10-18)13-9-12(16)3-4-14(13)17/h3-4,9,11,15H,5-8,10,18H2,1-2H3. The number of rotatable bonds is 4. The van der Waals surface area contributed by atoms with Crippen LogP contribution in [-0.2, 0) is 0 Å². The van der Waals surface area contributed by atoms with Gasteiger partial charge < -0.3 is 5.73 Å². The first-order chi connectivity index (χ1) is 9.52. The molecule has 0 bridgehead atoms. The van der Waals surface area contributed by atoms with Gasteiger partial charge in [-0.25, -0.2) is 0 Å². The van der Waals surface area contributed by atoms with Crippen molar-refractivity contribution in [3.05, 3.63) is 33.8 Å². The highest BCUT2D eigenvalue weighted by Crippen LogP contribution is 2.30. The SMILES string of the molecule is CC(C)N1CCN(C(CN)c2cc(Cl)ccc2Cl)CC1. The van der Waals surface area contributed by atoms with Crippen LogP contribution in [0.1, 0.15) is 25.5 Å². The minimum absolute atomic E-state index is 0.149. The predicted octanol–water partition coefficient (Wildman–Crippen LogP) is 3.02. The number of nitrogens with two attached hydrogens (primary N) is 1. The summed E-state index contributed by atoms with van der Waals surface area (Å²) in [5, 5.41) is 1.46. The van der Waals surface area contributed by atoms with E-state index in [2.05, 4.69) is 23.6 Å². The van der Waals surface area contributed by atoms with Crippen molar-refractivity contribution in [3.63, 3.8) is 0 Å². The predicted molar refractivity (Wildman–Crippen MR) is 86.5 cm³/mol. The van der Waals surface area contributed by atoms with Crippen molar-refractivity contribution >= 4 is 23.2 Å². The Balaban J connectivity index is 2.11. The largest absolute Gasteiger partial charge is 0.329 e. The van der Waals surface area contributed by atoms with Gasteiger partial charge in [-0.05, 0) is 37.6 Å². The van der Waals surface area contributed by atoms with E-state index in [-0.39, 0.29) is 6.04 Å². The van der Waals surface area contributed by atoms with Crippen molar-refractivity contribution in [2.24, 2.45) is 5.73 Å². The topological polar surface area (TPSA) is 32.5 Å². The molecular formula is C15H23Cl2N3. The van der Waals surface area contributed by atoms with Gasteiger partial charge in [-0.3, -0.25) is 9.80 Å². The highest BCUT2D eigenvalue weighted by molar-refractivity contribution is 6.33. The minimum atomic E-state index is 0.149. The van der Waals surface area contributed by atoms with Gasteiger partial charge in [0.1, 0.15) is 0 Å². The van der Waals surface area contributed by atoms with Crippen molar-refractivity contribution in [1.29, 1.82) is 0 Å². The van der Waals surface area contributed by atoms with Gasteiger partial charge in [0.15, 0.2) is 0 Å². The maximum absolute atomic E-state index is 6.32. The van der Waals surface area contributed by atoms with Crippen LogP contribution < -0.4 is 5.73 Å². The average molecular weight is 316 g/mol. The van der Waals surface area contributed by atoms with E-state index in [0.717, 1.165) is 36.8 Å². The van der Waals surface area contributed by atoms with Crippen molar-refractivity contribution < 1.29 is 0 Å². The van der Waals surface area contributed by atoms with Crippen LogP contribution in [0.4, 0.5) is 0 Å². The van der Waals surface area contributed by atoms with Gasteiger partial charge in [0, 0.05) is 54.9 Å². The molecule has 0 radical (unpaired) electrons. The molecule has 3 nitrogen and oxygen atoms in total. The molecule has 0 saturated carbocycles. The summed E-state index contributed by atoms with van der Waals surface area (Å²) >= 11 is 12.4. The summed E-state index contributed by atoms with van der Waals surface area (Å²) < 4.78 is 0. The Morgan fingerprint density at radius 2 is 1.70 bits per heavy atom. The Labute approximate surface area is 131 Å². The molecule has 0 spiro atoms. The number of benzene rings is 1. The van der Waals surface area contributed by atoms with Gasteiger partial charge in [0.2, 0.25) is 0 Å². The molecule has 1 saturated heterocycles. The normalized spacial score (nSPS) is 19.5. The lowest BCUT2D eigenvalue weighted by molar-refractivity contribution is 0.0803. The lowest BCUT2D eigenvalue weighted by Gasteiger charge is -2.40. The molecule has 1 aromatic carbocycles. The Morgan fingerprint density at radius 3 is 2.25 bits per heavy atom. The summed E-state index contributed by atoms with van der Waals surface area (Å²) in [5.41, 5.74) is 7.03. The molecule has 1 fully saturated rings. The second-order valence-electron chi connectivity index (χ2n) is 5.58. The van der Waals surface area contributed by atoms with E-state index < -0.39 is 0 Å². The number of hydrogen-bond acceptors (Lipinski definition) is 3. The molecule has 5 heteroatoms. The summed E-state index contributed by atoms with van der Waals surface area (Å²) in [6, 6.07) is 6.36. The number of nitrogens with zero attached hydrogens (tertiary/aromatic N) is 2. The Kier molecular flexibility index (Phi) is 5.70. The van der Waals surface area contributed by atoms with Crippen molar-refractivity contribution in [1.82, 2.24) is 9.80 Å². The summed E-state index contributed by atoms with van der Waals surface area (Å²) in [5.74, 6) is 0. The molecular weight excluding hydrogens is 293 g/mol. The summed E-state index contributed by atoms with van der Waals surface area (Å²) in [6.45, 7) is 9.22. The number of hydrogen-bond donors (Lipinski definition) is 1. The van der Waals surface area contributed by atoms with Crippen LogP contribution in [0.3, 0.4) is 0 Å². The summed E-state index contributed by atoms with van der Waals surface area (Å²) in [6.07, 6.45) is 0. The first kappa shape index (κ1) is 16.1.